The molecule has 0 bridgehead atoms. The summed E-state index contributed by atoms with van der Waals surface area (Å²) in [5.74, 6) is -0.760. The molecule has 1 aromatic carbocycles. The van der Waals surface area contributed by atoms with Crippen LogP contribution >= 0.6 is 15.9 Å². The molecule has 2 aliphatic rings. The zero-order valence-electron chi connectivity index (χ0n) is 12.2. The van der Waals surface area contributed by atoms with E-state index in [4.69, 9.17) is 0 Å². The molecule has 2 aliphatic heterocycles. The molecule has 0 radical (unpaired) electrons. The van der Waals surface area contributed by atoms with E-state index in [1.54, 1.807) is 23.1 Å². The van der Waals surface area contributed by atoms with Gasteiger partial charge in [-0.15, -0.1) is 0 Å². The van der Waals surface area contributed by atoms with E-state index in [1.807, 2.05) is 6.92 Å². The first-order valence-electron chi connectivity index (χ1n) is 7.17. The van der Waals surface area contributed by atoms with Crippen LogP contribution in [0.25, 0.3) is 0 Å². The van der Waals surface area contributed by atoms with Crippen molar-refractivity contribution >= 4 is 33.4 Å². The van der Waals surface area contributed by atoms with Gasteiger partial charge < -0.3 is 15.3 Å². The molecule has 5 nitrogen and oxygen atoms in total. The Kier molecular flexibility index (Phi) is 3.82. The highest BCUT2D eigenvalue weighted by atomic mass is 79.9. The summed E-state index contributed by atoms with van der Waals surface area (Å²) in [5, 5.41) is 13.7. The molecular weight excluding hydrogens is 348 g/mol. The van der Waals surface area contributed by atoms with Crippen molar-refractivity contribution in [3.8, 4) is 0 Å². The van der Waals surface area contributed by atoms with Crippen LogP contribution in [-0.4, -0.2) is 34.9 Å². The van der Waals surface area contributed by atoms with Gasteiger partial charge in [-0.1, -0.05) is 27.6 Å². The predicted molar refractivity (Wildman–Crippen MR) is 86.2 cm³/mol. The molecule has 0 aliphatic carbocycles. The maximum atomic E-state index is 12.9. The third kappa shape index (κ3) is 2.57. The first-order chi connectivity index (χ1) is 10.4. The average Bonchev–Trinajstić information content (AvgIpc) is 2.47. The van der Waals surface area contributed by atoms with Crippen LogP contribution in [0.3, 0.4) is 0 Å². The number of fused-ring (bicyclic) bond motifs is 1. The second-order valence-electron chi connectivity index (χ2n) is 5.84. The summed E-state index contributed by atoms with van der Waals surface area (Å²) in [4.78, 5) is 26.4. The Morgan fingerprint density at radius 3 is 2.95 bits per heavy atom. The number of aliphatic hydroxyl groups is 1. The van der Waals surface area contributed by atoms with Gasteiger partial charge in [-0.25, -0.2) is 0 Å². The van der Waals surface area contributed by atoms with Gasteiger partial charge in [0, 0.05) is 28.8 Å². The average molecular weight is 365 g/mol. The minimum absolute atomic E-state index is 0.255. The van der Waals surface area contributed by atoms with E-state index in [2.05, 4.69) is 27.3 Å². The summed E-state index contributed by atoms with van der Waals surface area (Å²) in [7, 11) is 0. The molecule has 0 spiro atoms. The van der Waals surface area contributed by atoms with Crippen molar-refractivity contribution in [2.24, 2.45) is 0 Å². The summed E-state index contributed by atoms with van der Waals surface area (Å²) in [5.41, 5.74) is 0.218. The van der Waals surface area contributed by atoms with Crippen LogP contribution in [0.2, 0.25) is 0 Å². The fourth-order valence-electron chi connectivity index (χ4n) is 3.03. The Hall–Kier alpha value is -1.66. The highest BCUT2D eigenvalue weighted by molar-refractivity contribution is 9.10. The van der Waals surface area contributed by atoms with E-state index < -0.39 is 11.5 Å². The van der Waals surface area contributed by atoms with Gasteiger partial charge in [-0.05, 0) is 31.5 Å². The zero-order valence-corrected chi connectivity index (χ0v) is 13.8. The second-order valence-corrected chi connectivity index (χ2v) is 6.76. The second kappa shape index (κ2) is 5.52. The first kappa shape index (κ1) is 15.2. The lowest BCUT2D eigenvalue weighted by molar-refractivity contribution is -0.156. The molecule has 0 saturated carbocycles. The predicted octanol–water partition coefficient (Wildman–Crippen LogP) is 2.16. The molecule has 0 fully saturated rings. The van der Waals surface area contributed by atoms with Gasteiger partial charge in [0.05, 0.1) is 6.42 Å². The fraction of sp³-hybridized carbons (Fsp3) is 0.375. The summed E-state index contributed by atoms with van der Waals surface area (Å²) >= 11 is 3.35. The van der Waals surface area contributed by atoms with Crippen molar-refractivity contribution in [2.45, 2.75) is 25.4 Å². The van der Waals surface area contributed by atoms with Crippen molar-refractivity contribution in [3.63, 3.8) is 0 Å². The van der Waals surface area contributed by atoms with Crippen LogP contribution in [0.15, 0.2) is 34.3 Å². The van der Waals surface area contributed by atoms with Crippen LogP contribution in [0, 0.1) is 0 Å². The van der Waals surface area contributed by atoms with Gasteiger partial charge >= 0.3 is 0 Å². The molecule has 3 rings (SSSR count). The molecule has 2 N–H and O–H groups in total. The van der Waals surface area contributed by atoms with Crippen molar-refractivity contribution in [1.29, 1.82) is 0 Å². The standard InChI is InChI=1S/C16H17BrN2O3/c1-10-3-2-6-19(9-10)15(21)16(22)8-14(20)18-13-5-4-11(17)7-12(13)16/h3-5,7,22H,2,6,8-9H2,1H3,(H,18,20). The van der Waals surface area contributed by atoms with E-state index in [9.17, 15) is 14.7 Å². The van der Waals surface area contributed by atoms with Gasteiger partial charge in [0.1, 0.15) is 0 Å². The number of anilines is 1. The van der Waals surface area contributed by atoms with Crippen molar-refractivity contribution in [1.82, 2.24) is 4.90 Å². The monoisotopic (exact) mass is 364 g/mol. The third-order valence-electron chi connectivity index (χ3n) is 4.09. The molecule has 2 amide bonds. The molecule has 1 atom stereocenters. The van der Waals surface area contributed by atoms with Gasteiger partial charge in [-0.3, -0.25) is 9.59 Å². The Bertz CT molecular complexity index is 686. The van der Waals surface area contributed by atoms with E-state index in [0.29, 0.717) is 24.3 Å². The minimum atomic E-state index is -1.81. The Morgan fingerprint density at radius 1 is 1.45 bits per heavy atom. The molecule has 1 unspecified atom stereocenters. The number of amides is 2. The van der Waals surface area contributed by atoms with Crippen molar-refractivity contribution < 1.29 is 14.7 Å². The number of carbonyl (C=O) groups is 2. The maximum Gasteiger partial charge on any atom is 0.260 e. The number of hydrogen-bond acceptors (Lipinski definition) is 3. The van der Waals surface area contributed by atoms with Crippen LogP contribution in [0.4, 0.5) is 5.69 Å². The van der Waals surface area contributed by atoms with Gasteiger partial charge in [0.25, 0.3) is 5.91 Å². The van der Waals surface area contributed by atoms with E-state index in [-0.39, 0.29) is 12.3 Å². The number of rotatable bonds is 1. The molecule has 116 valence electrons. The fourth-order valence-corrected chi connectivity index (χ4v) is 3.39. The Labute approximate surface area is 137 Å². The Morgan fingerprint density at radius 2 is 2.23 bits per heavy atom. The molecule has 6 heteroatoms. The molecule has 2 heterocycles. The zero-order chi connectivity index (χ0) is 15.9. The number of halogens is 1. The normalized spacial score (nSPS) is 24.4. The number of nitrogens with one attached hydrogen (secondary N) is 1. The van der Waals surface area contributed by atoms with Gasteiger partial charge in [0.2, 0.25) is 5.91 Å². The lowest BCUT2D eigenvalue weighted by Crippen LogP contribution is -2.52. The molecule has 0 saturated heterocycles. The number of nitrogens with zero attached hydrogens (tertiary/aromatic N) is 1. The number of carbonyl (C=O) groups excluding carboxylic acids is 2. The van der Waals surface area contributed by atoms with Crippen LogP contribution < -0.4 is 5.32 Å². The third-order valence-corrected chi connectivity index (χ3v) is 4.58. The van der Waals surface area contributed by atoms with Gasteiger partial charge in [0.15, 0.2) is 5.60 Å². The maximum absolute atomic E-state index is 12.9. The summed E-state index contributed by atoms with van der Waals surface area (Å²) in [6.07, 6.45) is 2.60. The quantitative estimate of drug-likeness (QED) is 0.750. The van der Waals surface area contributed by atoms with E-state index in [1.165, 1.54) is 0 Å². The number of hydrogen-bond donors (Lipinski definition) is 2. The van der Waals surface area contributed by atoms with Crippen LogP contribution in [-0.2, 0) is 15.2 Å². The van der Waals surface area contributed by atoms with Crippen molar-refractivity contribution in [2.75, 3.05) is 18.4 Å². The highest BCUT2D eigenvalue weighted by Crippen LogP contribution is 2.39. The molecule has 0 aromatic heterocycles. The smallest absolute Gasteiger partial charge is 0.260 e. The van der Waals surface area contributed by atoms with Crippen LogP contribution in [0.5, 0.6) is 0 Å². The highest BCUT2D eigenvalue weighted by Gasteiger charge is 2.47. The van der Waals surface area contributed by atoms with Crippen molar-refractivity contribution in [3.05, 3.63) is 39.9 Å². The molecule has 1 aromatic rings. The first-order valence-corrected chi connectivity index (χ1v) is 7.97. The van der Waals surface area contributed by atoms with E-state index >= 15 is 0 Å². The largest absolute Gasteiger partial charge is 0.375 e. The molecular formula is C16H17BrN2O3. The lowest BCUT2D eigenvalue weighted by atomic mass is 9.84. The summed E-state index contributed by atoms with van der Waals surface area (Å²) in [6, 6.07) is 5.15. The Balaban J connectivity index is 2.01. The summed E-state index contributed by atoms with van der Waals surface area (Å²) < 4.78 is 0.753. The SMILES string of the molecule is CC1=CCCN(C(=O)C2(O)CC(=O)Nc3ccc(Br)cc32)C1. The molecule has 22 heavy (non-hydrogen) atoms. The topological polar surface area (TPSA) is 69.6 Å². The van der Waals surface area contributed by atoms with Gasteiger partial charge in [-0.2, -0.15) is 0 Å². The van der Waals surface area contributed by atoms with Crippen LogP contribution in [0.1, 0.15) is 25.3 Å². The minimum Gasteiger partial charge on any atom is -0.375 e. The number of benzene rings is 1. The summed E-state index contributed by atoms with van der Waals surface area (Å²) in [6.45, 7) is 3.01. The van der Waals surface area contributed by atoms with E-state index in [0.717, 1.165) is 16.5 Å². The lowest BCUT2D eigenvalue weighted by Gasteiger charge is -2.38.